The van der Waals surface area contributed by atoms with E-state index in [1.165, 1.54) is 11.3 Å². The summed E-state index contributed by atoms with van der Waals surface area (Å²) in [4.78, 5) is 0.804. The second-order valence-corrected chi connectivity index (χ2v) is 6.58. The molecule has 3 rings (SSSR count). The minimum Gasteiger partial charge on any atom is -0.281 e. The van der Waals surface area contributed by atoms with Gasteiger partial charge >= 0.3 is 0 Å². The van der Waals surface area contributed by atoms with Crippen molar-refractivity contribution in [1.29, 1.82) is 0 Å². The van der Waals surface area contributed by atoms with E-state index in [0.29, 0.717) is 5.92 Å². The van der Waals surface area contributed by atoms with Gasteiger partial charge in [-0.05, 0) is 28.8 Å². The maximum atomic E-state index is 4.57. The smallest absolute Gasteiger partial charge is 0.235 e. The number of aromatic amines is 1. The molecule has 0 spiro atoms. The molecule has 0 saturated heterocycles. The summed E-state index contributed by atoms with van der Waals surface area (Å²) in [6, 6.07) is 0. The molecule has 3 heterocycles. The van der Waals surface area contributed by atoms with E-state index in [9.17, 15) is 0 Å². The van der Waals surface area contributed by atoms with Gasteiger partial charge in [0.25, 0.3) is 0 Å². The minimum absolute atomic E-state index is 0.525. The number of hydrogen-bond acceptors (Lipinski definition) is 5. The first-order valence-corrected chi connectivity index (χ1v) is 7.59. The fourth-order valence-corrected chi connectivity index (χ4v) is 3.15. The van der Waals surface area contributed by atoms with Crippen LogP contribution in [0.4, 0.5) is 0 Å². The number of fused-ring (bicyclic) bond motifs is 1. The van der Waals surface area contributed by atoms with Gasteiger partial charge in [0.2, 0.25) is 4.96 Å². The molecular formula is C11H13BrN6S. The van der Waals surface area contributed by atoms with Crippen LogP contribution in [0, 0.1) is 12.8 Å². The Balaban J connectivity index is 2.07. The van der Waals surface area contributed by atoms with Crippen molar-refractivity contribution in [3.05, 3.63) is 16.0 Å². The van der Waals surface area contributed by atoms with Gasteiger partial charge in [0, 0.05) is 12.1 Å². The van der Waals surface area contributed by atoms with E-state index < -0.39 is 0 Å². The first-order valence-electron chi connectivity index (χ1n) is 5.98. The quantitative estimate of drug-likeness (QED) is 0.795. The van der Waals surface area contributed by atoms with Gasteiger partial charge in [0.1, 0.15) is 5.69 Å². The molecule has 3 aromatic rings. The lowest BCUT2D eigenvalue weighted by Gasteiger charge is -1.99. The monoisotopic (exact) mass is 340 g/mol. The first-order chi connectivity index (χ1) is 9.06. The maximum Gasteiger partial charge on any atom is 0.235 e. The van der Waals surface area contributed by atoms with Crippen molar-refractivity contribution >= 4 is 32.2 Å². The highest BCUT2D eigenvalue weighted by atomic mass is 79.9. The Hall–Kier alpha value is -1.28. The highest BCUT2D eigenvalue weighted by Crippen LogP contribution is 2.31. The summed E-state index contributed by atoms with van der Waals surface area (Å²) >= 11 is 5.01. The van der Waals surface area contributed by atoms with Gasteiger partial charge in [0.15, 0.2) is 10.8 Å². The van der Waals surface area contributed by atoms with E-state index in [1.54, 1.807) is 0 Å². The Morgan fingerprint density at radius 3 is 2.79 bits per heavy atom. The van der Waals surface area contributed by atoms with E-state index in [4.69, 9.17) is 0 Å². The van der Waals surface area contributed by atoms with Gasteiger partial charge in [-0.2, -0.15) is 14.7 Å². The van der Waals surface area contributed by atoms with Gasteiger partial charge in [-0.25, -0.2) is 0 Å². The first kappa shape index (κ1) is 12.7. The van der Waals surface area contributed by atoms with Gasteiger partial charge in [-0.1, -0.05) is 25.2 Å². The third-order valence-electron chi connectivity index (χ3n) is 2.72. The third kappa shape index (κ3) is 2.18. The molecule has 0 aliphatic carbocycles. The zero-order valence-corrected chi connectivity index (χ0v) is 13.2. The standard InChI is InChI=1S/C11H13BrN6S/c1-5(2)4-7-14-16-11-18(7)17-10(19-11)9-8(12)6(3)13-15-9/h5H,4H2,1-3H3,(H,13,15). The van der Waals surface area contributed by atoms with Crippen LogP contribution in [0.5, 0.6) is 0 Å². The molecule has 19 heavy (non-hydrogen) atoms. The van der Waals surface area contributed by atoms with E-state index in [-0.39, 0.29) is 0 Å². The molecule has 0 radical (unpaired) electrons. The normalized spacial score (nSPS) is 11.8. The highest BCUT2D eigenvalue weighted by molar-refractivity contribution is 9.10. The molecule has 0 amide bonds. The van der Waals surface area contributed by atoms with Gasteiger partial charge in [-0.15, -0.1) is 10.2 Å². The third-order valence-corrected chi connectivity index (χ3v) is 4.60. The fourth-order valence-electron chi connectivity index (χ4n) is 1.80. The van der Waals surface area contributed by atoms with Crippen LogP contribution in [0.25, 0.3) is 15.7 Å². The molecule has 3 aromatic heterocycles. The predicted molar refractivity (Wildman–Crippen MR) is 77.2 cm³/mol. The topological polar surface area (TPSA) is 71.8 Å². The number of aromatic nitrogens is 6. The minimum atomic E-state index is 0.525. The number of H-pyrrole nitrogens is 1. The molecule has 6 nitrogen and oxygen atoms in total. The Morgan fingerprint density at radius 1 is 1.37 bits per heavy atom. The van der Waals surface area contributed by atoms with Gasteiger partial charge in [0.05, 0.1) is 4.47 Å². The van der Waals surface area contributed by atoms with Crippen LogP contribution in [0.2, 0.25) is 0 Å². The van der Waals surface area contributed by atoms with Crippen molar-refractivity contribution in [3.63, 3.8) is 0 Å². The van der Waals surface area contributed by atoms with Crippen LogP contribution in [-0.4, -0.2) is 30.0 Å². The fraction of sp³-hybridized carbons (Fsp3) is 0.455. The lowest BCUT2D eigenvalue weighted by molar-refractivity contribution is 0.607. The van der Waals surface area contributed by atoms with Crippen LogP contribution in [0.3, 0.4) is 0 Å². The molecule has 1 N–H and O–H groups in total. The average molecular weight is 341 g/mol. The lowest BCUT2D eigenvalue weighted by atomic mass is 10.1. The van der Waals surface area contributed by atoms with Crippen molar-refractivity contribution in [3.8, 4) is 10.7 Å². The highest BCUT2D eigenvalue weighted by Gasteiger charge is 2.18. The van der Waals surface area contributed by atoms with Crippen LogP contribution < -0.4 is 0 Å². The summed E-state index contributed by atoms with van der Waals surface area (Å²) in [5.74, 6) is 1.42. The molecule has 0 fully saturated rings. The van der Waals surface area contributed by atoms with E-state index in [0.717, 1.165) is 38.1 Å². The Labute approximate surface area is 122 Å². The number of hydrogen-bond donors (Lipinski definition) is 1. The van der Waals surface area contributed by atoms with Crippen molar-refractivity contribution in [2.24, 2.45) is 5.92 Å². The Morgan fingerprint density at radius 2 is 2.16 bits per heavy atom. The molecule has 0 aliphatic heterocycles. The zero-order chi connectivity index (χ0) is 13.6. The van der Waals surface area contributed by atoms with Crippen LogP contribution >= 0.6 is 27.3 Å². The molecule has 0 unspecified atom stereocenters. The average Bonchev–Trinajstić information content (AvgIpc) is 2.98. The van der Waals surface area contributed by atoms with Crippen molar-refractivity contribution < 1.29 is 0 Å². The van der Waals surface area contributed by atoms with Crippen molar-refractivity contribution in [2.45, 2.75) is 27.2 Å². The summed E-state index contributed by atoms with van der Waals surface area (Å²) in [6.45, 7) is 6.27. The summed E-state index contributed by atoms with van der Waals surface area (Å²) in [6.07, 6.45) is 0.866. The number of nitrogens with one attached hydrogen (secondary N) is 1. The molecule has 8 heteroatoms. The van der Waals surface area contributed by atoms with Crippen molar-refractivity contribution in [1.82, 2.24) is 30.0 Å². The number of rotatable bonds is 3. The summed E-state index contributed by atoms with van der Waals surface area (Å²) < 4.78 is 2.76. The molecule has 0 bridgehead atoms. The summed E-state index contributed by atoms with van der Waals surface area (Å²) in [5.41, 5.74) is 1.81. The van der Waals surface area contributed by atoms with Crippen LogP contribution in [-0.2, 0) is 6.42 Å². The number of aryl methyl sites for hydroxylation is 1. The summed E-state index contributed by atoms with van der Waals surface area (Å²) in [7, 11) is 0. The number of nitrogens with zero attached hydrogens (tertiary/aromatic N) is 5. The summed E-state index contributed by atoms with van der Waals surface area (Å²) in [5, 5.41) is 21.0. The van der Waals surface area contributed by atoms with Gasteiger partial charge in [-0.3, -0.25) is 5.10 Å². The molecule has 0 saturated carbocycles. The predicted octanol–water partition coefficient (Wildman–Crippen LogP) is 2.85. The zero-order valence-electron chi connectivity index (χ0n) is 10.8. The van der Waals surface area contributed by atoms with Crippen LogP contribution in [0.1, 0.15) is 25.4 Å². The van der Waals surface area contributed by atoms with E-state index in [1.807, 2.05) is 11.4 Å². The maximum absolute atomic E-state index is 4.57. The lowest BCUT2D eigenvalue weighted by Crippen LogP contribution is -2.01. The molecule has 0 atom stereocenters. The molecule has 100 valence electrons. The molecule has 0 aromatic carbocycles. The molecule has 0 aliphatic rings. The van der Waals surface area contributed by atoms with Gasteiger partial charge < -0.3 is 0 Å². The second kappa shape index (κ2) is 4.68. The molecular weight excluding hydrogens is 328 g/mol. The SMILES string of the molecule is Cc1[nH]nc(-c2nn3c(CC(C)C)nnc3s2)c1Br. The van der Waals surface area contributed by atoms with Crippen LogP contribution in [0.15, 0.2) is 4.47 Å². The van der Waals surface area contributed by atoms with Crippen molar-refractivity contribution in [2.75, 3.05) is 0 Å². The largest absolute Gasteiger partial charge is 0.281 e. The Bertz CT molecular complexity index is 725. The van der Waals surface area contributed by atoms with E-state index in [2.05, 4.69) is 55.3 Å². The second-order valence-electron chi connectivity index (χ2n) is 4.83. The van der Waals surface area contributed by atoms with E-state index >= 15 is 0 Å². The number of halogens is 1. The Kier molecular flexibility index (Phi) is 3.14.